The van der Waals surface area contributed by atoms with Gasteiger partial charge in [0.1, 0.15) is 11.5 Å². The first-order chi connectivity index (χ1) is 13.1. The van der Waals surface area contributed by atoms with Crippen LogP contribution in [0.2, 0.25) is 0 Å². The summed E-state index contributed by atoms with van der Waals surface area (Å²) >= 11 is 3.42. The highest BCUT2D eigenvalue weighted by atomic mass is 79.9. The minimum absolute atomic E-state index is 0.0937. The van der Waals surface area contributed by atoms with Crippen LogP contribution >= 0.6 is 15.9 Å². The Morgan fingerprint density at radius 1 is 1.00 bits per heavy atom. The second-order valence-corrected chi connectivity index (χ2v) is 6.83. The molecule has 6 heteroatoms. The van der Waals surface area contributed by atoms with Crippen molar-refractivity contribution >= 4 is 21.8 Å². The van der Waals surface area contributed by atoms with Crippen molar-refractivity contribution < 1.29 is 18.7 Å². The number of nitrogens with one attached hydrogen (secondary N) is 1. The Morgan fingerprint density at radius 3 is 2.44 bits per heavy atom. The monoisotopic (exact) mass is 429 g/mol. The molecule has 0 radical (unpaired) electrons. The fourth-order valence-electron chi connectivity index (χ4n) is 2.67. The normalized spacial score (nSPS) is 10.5. The summed E-state index contributed by atoms with van der Waals surface area (Å²) in [4.78, 5) is 12.2. The number of furan rings is 1. The van der Waals surface area contributed by atoms with Gasteiger partial charge in [-0.25, -0.2) is 0 Å². The van der Waals surface area contributed by atoms with E-state index in [-0.39, 0.29) is 12.3 Å². The standard InChI is InChI=1S/C21H20BrNO4/c1-25-19-9-3-14(11-20(19)26-2)12-21(24)23-13-17-8-10-18(27-17)15-4-6-16(22)7-5-15/h3-11H,12-13H2,1-2H3,(H,23,24). The molecule has 1 aromatic heterocycles. The third-order valence-corrected chi connectivity index (χ3v) is 4.59. The van der Waals surface area contributed by atoms with Crippen LogP contribution in [0, 0.1) is 0 Å². The van der Waals surface area contributed by atoms with E-state index in [1.165, 1.54) is 0 Å². The Labute approximate surface area is 166 Å². The molecular formula is C21H20BrNO4. The van der Waals surface area contributed by atoms with Gasteiger partial charge in [0.25, 0.3) is 0 Å². The summed E-state index contributed by atoms with van der Waals surface area (Å²) in [7, 11) is 3.15. The van der Waals surface area contributed by atoms with Crippen LogP contribution in [0.4, 0.5) is 0 Å². The van der Waals surface area contributed by atoms with E-state index in [2.05, 4.69) is 21.2 Å². The number of methoxy groups -OCH3 is 2. The van der Waals surface area contributed by atoms with Crippen molar-refractivity contribution in [2.45, 2.75) is 13.0 Å². The molecule has 1 amide bonds. The predicted molar refractivity (Wildman–Crippen MR) is 107 cm³/mol. The molecule has 1 heterocycles. The summed E-state index contributed by atoms with van der Waals surface area (Å²) in [6, 6.07) is 17.1. The van der Waals surface area contributed by atoms with Crippen molar-refractivity contribution in [3.63, 3.8) is 0 Å². The number of ether oxygens (including phenoxy) is 2. The highest BCUT2D eigenvalue weighted by molar-refractivity contribution is 9.10. The van der Waals surface area contributed by atoms with Gasteiger partial charge < -0.3 is 19.2 Å². The van der Waals surface area contributed by atoms with Gasteiger partial charge in [0.05, 0.1) is 27.2 Å². The fourth-order valence-corrected chi connectivity index (χ4v) is 2.93. The maximum absolute atomic E-state index is 12.2. The first-order valence-corrected chi connectivity index (χ1v) is 9.20. The number of benzene rings is 2. The smallest absolute Gasteiger partial charge is 0.224 e. The van der Waals surface area contributed by atoms with Crippen LogP contribution in [0.25, 0.3) is 11.3 Å². The average molecular weight is 430 g/mol. The molecule has 3 rings (SSSR count). The van der Waals surface area contributed by atoms with Crippen molar-refractivity contribution in [2.75, 3.05) is 14.2 Å². The molecule has 0 bridgehead atoms. The quantitative estimate of drug-likeness (QED) is 0.596. The number of amides is 1. The minimum atomic E-state index is -0.0937. The predicted octanol–water partition coefficient (Wildman–Crippen LogP) is 4.59. The van der Waals surface area contributed by atoms with E-state index < -0.39 is 0 Å². The maximum atomic E-state index is 12.2. The van der Waals surface area contributed by atoms with E-state index in [9.17, 15) is 4.79 Å². The van der Waals surface area contributed by atoms with Crippen molar-refractivity contribution in [3.8, 4) is 22.8 Å². The van der Waals surface area contributed by atoms with E-state index in [0.717, 1.165) is 21.4 Å². The van der Waals surface area contributed by atoms with Gasteiger partial charge in [-0.2, -0.15) is 0 Å². The van der Waals surface area contributed by atoms with E-state index >= 15 is 0 Å². The molecule has 0 fully saturated rings. The molecule has 1 N–H and O–H groups in total. The molecule has 0 aliphatic carbocycles. The summed E-state index contributed by atoms with van der Waals surface area (Å²) in [6.45, 7) is 0.336. The molecule has 0 saturated carbocycles. The third kappa shape index (κ3) is 4.92. The van der Waals surface area contributed by atoms with Crippen LogP contribution in [0.5, 0.6) is 11.5 Å². The molecule has 140 valence electrons. The van der Waals surface area contributed by atoms with Crippen LogP contribution in [0.1, 0.15) is 11.3 Å². The second kappa shape index (κ2) is 8.77. The number of carbonyl (C=O) groups is 1. The van der Waals surface area contributed by atoms with Crippen LogP contribution in [0.15, 0.2) is 63.5 Å². The van der Waals surface area contributed by atoms with Gasteiger partial charge in [0.15, 0.2) is 11.5 Å². The van der Waals surface area contributed by atoms with Crippen LogP contribution in [-0.2, 0) is 17.8 Å². The van der Waals surface area contributed by atoms with E-state index in [1.54, 1.807) is 26.4 Å². The van der Waals surface area contributed by atoms with E-state index in [0.29, 0.717) is 23.8 Å². The van der Waals surface area contributed by atoms with Gasteiger partial charge >= 0.3 is 0 Å². The van der Waals surface area contributed by atoms with Crippen LogP contribution in [-0.4, -0.2) is 20.1 Å². The Balaban J connectivity index is 1.57. The summed E-state index contributed by atoms with van der Waals surface area (Å²) < 4.78 is 17.3. The Hall–Kier alpha value is -2.73. The largest absolute Gasteiger partial charge is 0.493 e. The Morgan fingerprint density at radius 2 is 1.74 bits per heavy atom. The van der Waals surface area contributed by atoms with Crippen molar-refractivity contribution in [1.29, 1.82) is 0 Å². The minimum Gasteiger partial charge on any atom is -0.493 e. The zero-order valence-electron chi connectivity index (χ0n) is 15.1. The summed E-state index contributed by atoms with van der Waals surface area (Å²) in [6.07, 6.45) is 0.251. The number of hydrogen-bond donors (Lipinski definition) is 1. The molecule has 0 aliphatic rings. The molecule has 27 heavy (non-hydrogen) atoms. The molecule has 5 nitrogen and oxygen atoms in total. The van der Waals surface area contributed by atoms with Gasteiger partial charge in [0.2, 0.25) is 5.91 Å². The lowest BCUT2D eigenvalue weighted by Gasteiger charge is -2.09. The van der Waals surface area contributed by atoms with Crippen molar-refractivity contribution in [2.24, 2.45) is 0 Å². The number of halogens is 1. The number of rotatable bonds is 7. The molecule has 0 atom stereocenters. The molecule has 2 aromatic carbocycles. The zero-order valence-corrected chi connectivity index (χ0v) is 16.7. The van der Waals surface area contributed by atoms with Gasteiger partial charge in [-0.15, -0.1) is 0 Å². The highest BCUT2D eigenvalue weighted by Gasteiger charge is 2.10. The van der Waals surface area contributed by atoms with Gasteiger partial charge in [-0.1, -0.05) is 34.1 Å². The summed E-state index contributed by atoms with van der Waals surface area (Å²) in [5.74, 6) is 2.62. The lowest BCUT2D eigenvalue weighted by Crippen LogP contribution is -2.24. The number of hydrogen-bond acceptors (Lipinski definition) is 4. The molecule has 0 aliphatic heterocycles. The molecule has 3 aromatic rings. The van der Waals surface area contributed by atoms with Gasteiger partial charge in [-0.3, -0.25) is 4.79 Å². The Kier molecular flexibility index (Phi) is 6.19. The zero-order chi connectivity index (χ0) is 19.2. The summed E-state index contributed by atoms with van der Waals surface area (Å²) in [5, 5.41) is 2.88. The average Bonchev–Trinajstić information content (AvgIpc) is 3.16. The lowest BCUT2D eigenvalue weighted by molar-refractivity contribution is -0.120. The lowest BCUT2D eigenvalue weighted by atomic mass is 10.1. The first kappa shape index (κ1) is 19.0. The fraction of sp³-hybridized carbons (Fsp3) is 0.190. The van der Waals surface area contributed by atoms with Crippen molar-refractivity contribution in [1.82, 2.24) is 5.32 Å². The molecular weight excluding hydrogens is 410 g/mol. The van der Waals surface area contributed by atoms with Crippen LogP contribution < -0.4 is 14.8 Å². The molecule has 0 spiro atoms. The molecule has 0 unspecified atom stereocenters. The van der Waals surface area contributed by atoms with Crippen LogP contribution in [0.3, 0.4) is 0 Å². The van der Waals surface area contributed by atoms with Crippen molar-refractivity contribution in [3.05, 3.63) is 70.4 Å². The number of carbonyl (C=O) groups excluding carboxylic acids is 1. The summed E-state index contributed by atoms with van der Waals surface area (Å²) in [5.41, 5.74) is 1.83. The maximum Gasteiger partial charge on any atom is 0.224 e. The van der Waals surface area contributed by atoms with E-state index in [4.69, 9.17) is 13.9 Å². The van der Waals surface area contributed by atoms with Gasteiger partial charge in [0, 0.05) is 10.0 Å². The topological polar surface area (TPSA) is 60.7 Å². The SMILES string of the molecule is COc1ccc(CC(=O)NCc2ccc(-c3ccc(Br)cc3)o2)cc1OC. The van der Waals surface area contributed by atoms with E-state index in [1.807, 2.05) is 42.5 Å². The Bertz CT molecular complexity index is 918. The molecule has 0 saturated heterocycles. The highest BCUT2D eigenvalue weighted by Crippen LogP contribution is 2.28. The first-order valence-electron chi connectivity index (χ1n) is 8.41. The van der Waals surface area contributed by atoms with Gasteiger partial charge in [-0.05, 0) is 42.0 Å². The third-order valence-electron chi connectivity index (χ3n) is 4.06. The second-order valence-electron chi connectivity index (χ2n) is 5.92.